The molecular formula is C22H24Cl4N2O2. The lowest BCUT2D eigenvalue weighted by molar-refractivity contribution is -0.140. The number of nitrogens with one attached hydrogen (secondary N) is 1. The molecule has 0 bridgehead atoms. The maximum atomic E-state index is 13.3. The standard InChI is InChI=1S/C22H24Cl4N2O2/c1-13(21(30)27-22(2,3)4)28(12-14-8-9-15(23)10-19(14)26)20(29)11-16-17(24)6-5-7-18(16)25/h5-10,13H,11-12H2,1-4H3,(H,27,30)/t13-/m1/s1. The van der Waals surface area contributed by atoms with Crippen molar-refractivity contribution in [2.45, 2.75) is 52.2 Å². The van der Waals surface area contributed by atoms with E-state index in [0.717, 1.165) is 0 Å². The van der Waals surface area contributed by atoms with E-state index in [9.17, 15) is 9.59 Å². The van der Waals surface area contributed by atoms with Crippen LogP contribution in [0.3, 0.4) is 0 Å². The van der Waals surface area contributed by atoms with Gasteiger partial charge in [0.15, 0.2) is 0 Å². The Kier molecular flexibility index (Phi) is 8.46. The predicted octanol–water partition coefficient (Wildman–Crippen LogP) is 6.17. The Balaban J connectivity index is 2.36. The van der Waals surface area contributed by atoms with Gasteiger partial charge in [-0.25, -0.2) is 0 Å². The van der Waals surface area contributed by atoms with Crippen molar-refractivity contribution in [3.8, 4) is 0 Å². The van der Waals surface area contributed by atoms with E-state index in [1.807, 2.05) is 20.8 Å². The molecule has 8 heteroatoms. The van der Waals surface area contributed by atoms with Gasteiger partial charge in [0.2, 0.25) is 11.8 Å². The van der Waals surface area contributed by atoms with Crippen molar-refractivity contribution in [2.75, 3.05) is 0 Å². The zero-order valence-corrected chi connectivity index (χ0v) is 20.3. The maximum Gasteiger partial charge on any atom is 0.242 e. The summed E-state index contributed by atoms with van der Waals surface area (Å²) >= 11 is 24.8. The Morgan fingerprint density at radius 2 is 1.60 bits per heavy atom. The number of amides is 2. The van der Waals surface area contributed by atoms with E-state index in [-0.39, 0.29) is 24.8 Å². The van der Waals surface area contributed by atoms with E-state index in [0.29, 0.717) is 31.2 Å². The number of nitrogens with zero attached hydrogens (tertiary/aromatic N) is 1. The summed E-state index contributed by atoms with van der Waals surface area (Å²) in [6, 6.07) is 9.34. The van der Waals surface area contributed by atoms with Crippen LogP contribution in [0.2, 0.25) is 20.1 Å². The molecule has 30 heavy (non-hydrogen) atoms. The highest BCUT2D eigenvalue weighted by molar-refractivity contribution is 6.36. The number of carbonyl (C=O) groups is 2. The molecule has 0 saturated carbocycles. The number of carbonyl (C=O) groups excluding carboxylic acids is 2. The lowest BCUT2D eigenvalue weighted by atomic mass is 10.1. The molecule has 0 aliphatic heterocycles. The van der Waals surface area contributed by atoms with Gasteiger partial charge in [0, 0.05) is 32.2 Å². The number of halogens is 4. The van der Waals surface area contributed by atoms with Crippen molar-refractivity contribution < 1.29 is 9.59 Å². The van der Waals surface area contributed by atoms with Crippen LogP contribution in [0.15, 0.2) is 36.4 Å². The Hall–Kier alpha value is -1.46. The molecule has 1 atom stereocenters. The summed E-state index contributed by atoms with van der Waals surface area (Å²) in [5, 5.41) is 4.61. The third kappa shape index (κ3) is 6.78. The quantitative estimate of drug-likeness (QED) is 0.527. The largest absolute Gasteiger partial charge is 0.350 e. The van der Waals surface area contributed by atoms with Gasteiger partial charge >= 0.3 is 0 Å². The molecule has 162 valence electrons. The first kappa shape index (κ1) is 24.8. The lowest BCUT2D eigenvalue weighted by Crippen LogP contribution is -2.52. The van der Waals surface area contributed by atoms with Crippen LogP contribution >= 0.6 is 46.4 Å². The zero-order valence-electron chi connectivity index (χ0n) is 17.2. The summed E-state index contributed by atoms with van der Waals surface area (Å²) in [6.07, 6.45) is -0.0448. The van der Waals surface area contributed by atoms with Gasteiger partial charge in [-0.2, -0.15) is 0 Å². The van der Waals surface area contributed by atoms with E-state index >= 15 is 0 Å². The van der Waals surface area contributed by atoms with Crippen LogP contribution in [0.4, 0.5) is 0 Å². The smallest absolute Gasteiger partial charge is 0.242 e. The van der Waals surface area contributed by atoms with Crippen LogP contribution in [-0.4, -0.2) is 28.3 Å². The van der Waals surface area contributed by atoms with Gasteiger partial charge in [-0.3, -0.25) is 9.59 Å². The van der Waals surface area contributed by atoms with Gasteiger partial charge in [0.25, 0.3) is 0 Å². The fraction of sp³-hybridized carbons (Fsp3) is 0.364. The molecule has 2 rings (SSSR count). The molecule has 0 aliphatic rings. The third-order valence-electron chi connectivity index (χ3n) is 4.41. The fourth-order valence-electron chi connectivity index (χ4n) is 2.84. The highest BCUT2D eigenvalue weighted by Crippen LogP contribution is 2.27. The van der Waals surface area contributed by atoms with Crippen molar-refractivity contribution in [3.05, 3.63) is 67.6 Å². The first-order chi connectivity index (χ1) is 13.9. The van der Waals surface area contributed by atoms with Crippen LogP contribution in [-0.2, 0) is 22.6 Å². The Bertz CT molecular complexity index is 921. The molecular weight excluding hydrogens is 466 g/mol. The molecule has 2 aromatic rings. The second-order valence-electron chi connectivity index (χ2n) is 8.05. The van der Waals surface area contributed by atoms with Crippen molar-refractivity contribution in [1.29, 1.82) is 0 Å². The normalized spacial score (nSPS) is 12.4. The highest BCUT2D eigenvalue weighted by atomic mass is 35.5. The molecule has 1 N–H and O–H groups in total. The number of hydrogen-bond donors (Lipinski definition) is 1. The van der Waals surface area contributed by atoms with E-state index in [1.165, 1.54) is 4.90 Å². The Morgan fingerprint density at radius 1 is 1.00 bits per heavy atom. The summed E-state index contributed by atoms with van der Waals surface area (Å²) in [5.41, 5.74) is 0.751. The number of rotatable bonds is 6. The molecule has 0 radical (unpaired) electrons. The first-order valence-electron chi connectivity index (χ1n) is 9.37. The minimum Gasteiger partial charge on any atom is -0.350 e. The average Bonchev–Trinajstić information content (AvgIpc) is 2.62. The van der Waals surface area contributed by atoms with Gasteiger partial charge < -0.3 is 10.2 Å². The molecule has 0 saturated heterocycles. The summed E-state index contributed by atoms with van der Waals surface area (Å²) in [7, 11) is 0. The lowest BCUT2D eigenvalue weighted by Gasteiger charge is -2.32. The van der Waals surface area contributed by atoms with Crippen LogP contribution in [0, 0.1) is 0 Å². The van der Waals surface area contributed by atoms with Gasteiger partial charge in [-0.05, 0) is 63.1 Å². The topological polar surface area (TPSA) is 49.4 Å². The van der Waals surface area contributed by atoms with Gasteiger partial charge in [0.1, 0.15) is 6.04 Å². The van der Waals surface area contributed by atoms with Gasteiger partial charge in [-0.1, -0.05) is 58.5 Å². The van der Waals surface area contributed by atoms with E-state index in [4.69, 9.17) is 46.4 Å². The van der Waals surface area contributed by atoms with Crippen molar-refractivity contribution >= 4 is 58.2 Å². The highest BCUT2D eigenvalue weighted by Gasteiger charge is 2.29. The Labute approximate surface area is 197 Å². The van der Waals surface area contributed by atoms with Crippen molar-refractivity contribution in [2.24, 2.45) is 0 Å². The molecule has 4 nitrogen and oxygen atoms in total. The second-order valence-corrected chi connectivity index (χ2v) is 9.71. The second kappa shape index (κ2) is 10.2. The molecule has 0 heterocycles. The molecule has 2 aromatic carbocycles. The average molecular weight is 490 g/mol. The summed E-state index contributed by atoms with van der Waals surface area (Å²) < 4.78 is 0. The minimum atomic E-state index is -0.746. The molecule has 2 amide bonds. The van der Waals surface area contributed by atoms with Gasteiger partial charge in [-0.15, -0.1) is 0 Å². The van der Waals surface area contributed by atoms with Crippen LogP contribution in [0.1, 0.15) is 38.8 Å². The summed E-state index contributed by atoms with van der Waals surface area (Å²) in [4.78, 5) is 27.5. The molecule has 0 aliphatic carbocycles. The SMILES string of the molecule is C[C@H](C(=O)NC(C)(C)C)N(Cc1ccc(Cl)cc1Cl)C(=O)Cc1c(Cl)cccc1Cl. The summed E-state index contributed by atoms with van der Waals surface area (Å²) in [5.74, 6) is -0.571. The summed E-state index contributed by atoms with van der Waals surface area (Å²) in [6.45, 7) is 7.45. The Morgan fingerprint density at radius 3 is 2.13 bits per heavy atom. The van der Waals surface area contributed by atoms with E-state index < -0.39 is 11.6 Å². The molecule has 0 fully saturated rings. The van der Waals surface area contributed by atoms with Crippen molar-refractivity contribution in [3.63, 3.8) is 0 Å². The maximum absolute atomic E-state index is 13.3. The number of benzene rings is 2. The molecule has 0 aromatic heterocycles. The van der Waals surface area contributed by atoms with Crippen LogP contribution < -0.4 is 5.32 Å². The van der Waals surface area contributed by atoms with Crippen molar-refractivity contribution in [1.82, 2.24) is 10.2 Å². The van der Waals surface area contributed by atoms with E-state index in [2.05, 4.69) is 5.32 Å². The van der Waals surface area contributed by atoms with Gasteiger partial charge in [0.05, 0.1) is 6.42 Å². The fourth-order valence-corrected chi connectivity index (χ4v) is 3.84. The third-order valence-corrected chi connectivity index (χ3v) is 5.71. The minimum absolute atomic E-state index is 0.0448. The monoisotopic (exact) mass is 488 g/mol. The number of hydrogen-bond acceptors (Lipinski definition) is 2. The zero-order chi connectivity index (χ0) is 22.6. The first-order valence-corrected chi connectivity index (χ1v) is 10.9. The van der Waals surface area contributed by atoms with Crippen LogP contribution in [0.25, 0.3) is 0 Å². The molecule has 0 spiro atoms. The predicted molar refractivity (Wildman–Crippen MR) is 125 cm³/mol. The van der Waals surface area contributed by atoms with Crippen LogP contribution in [0.5, 0.6) is 0 Å². The van der Waals surface area contributed by atoms with E-state index in [1.54, 1.807) is 43.3 Å². The molecule has 0 unspecified atom stereocenters.